The molecule has 2 saturated heterocycles. The second kappa shape index (κ2) is 6.67. The molecule has 0 radical (unpaired) electrons. The summed E-state index contributed by atoms with van der Waals surface area (Å²) in [4.78, 5) is 26.3. The minimum atomic E-state index is -1.29. The van der Waals surface area contributed by atoms with Crippen LogP contribution in [0.5, 0.6) is 5.75 Å². The first kappa shape index (κ1) is 17.7. The number of aryl methyl sites for hydroxylation is 1. The van der Waals surface area contributed by atoms with Crippen LogP contribution in [0.1, 0.15) is 38.2 Å². The van der Waals surface area contributed by atoms with Crippen molar-refractivity contribution in [1.29, 1.82) is 0 Å². The standard InChI is InChI=1S/C19H25NO5/c1-14-4-6-15(7-5-14)25-19(17(22)23)9-11-20(12-10-19)16(21)18(2)8-3-13-24-18/h4-7H,3,8-13H2,1-2H3,(H,22,23)/t18-/m0/s1. The van der Waals surface area contributed by atoms with E-state index in [-0.39, 0.29) is 18.7 Å². The number of hydrogen-bond acceptors (Lipinski definition) is 4. The van der Waals surface area contributed by atoms with E-state index in [0.29, 0.717) is 31.9 Å². The number of aliphatic carboxylic acids is 1. The molecule has 1 atom stereocenters. The summed E-state index contributed by atoms with van der Waals surface area (Å²) in [5, 5.41) is 9.74. The molecule has 25 heavy (non-hydrogen) atoms. The molecule has 1 aromatic rings. The molecule has 0 bridgehead atoms. The molecular weight excluding hydrogens is 322 g/mol. The van der Waals surface area contributed by atoms with Crippen molar-refractivity contribution in [3.05, 3.63) is 29.8 Å². The maximum Gasteiger partial charge on any atom is 0.348 e. The Labute approximate surface area is 147 Å². The third-order valence-electron chi connectivity index (χ3n) is 5.25. The lowest BCUT2D eigenvalue weighted by Gasteiger charge is -2.41. The Bertz CT molecular complexity index is 640. The zero-order valence-electron chi connectivity index (χ0n) is 14.8. The fourth-order valence-electron chi connectivity index (χ4n) is 3.54. The van der Waals surface area contributed by atoms with E-state index in [1.54, 1.807) is 17.0 Å². The Morgan fingerprint density at radius 2 is 1.80 bits per heavy atom. The molecule has 1 N–H and O–H groups in total. The van der Waals surface area contributed by atoms with Crippen molar-refractivity contribution >= 4 is 11.9 Å². The number of benzene rings is 1. The van der Waals surface area contributed by atoms with Crippen LogP contribution in [0.2, 0.25) is 0 Å². The molecule has 0 saturated carbocycles. The van der Waals surface area contributed by atoms with Crippen LogP contribution < -0.4 is 4.74 Å². The number of piperidine rings is 1. The number of rotatable bonds is 4. The van der Waals surface area contributed by atoms with E-state index in [1.807, 2.05) is 26.0 Å². The monoisotopic (exact) mass is 347 g/mol. The average molecular weight is 347 g/mol. The summed E-state index contributed by atoms with van der Waals surface area (Å²) >= 11 is 0. The number of likely N-dealkylation sites (tertiary alicyclic amines) is 1. The Morgan fingerprint density at radius 3 is 2.32 bits per heavy atom. The van der Waals surface area contributed by atoms with E-state index < -0.39 is 17.2 Å². The summed E-state index contributed by atoms with van der Waals surface area (Å²) in [7, 11) is 0. The summed E-state index contributed by atoms with van der Waals surface area (Å²) in [6.07, 6.45) is 2.12. The number of carboxylic acid groups (broad SMARTS) is 1. The van der Waals surface area contributed by atoms with Gasteiger partial charge in [0.2, 0.25) is 5.60 Å². The second-order valence-electron chi connectivity index (χ2n) is 7.19. The number of carboxylic acids is 1. The quantitative estimate of drug-likeness (QED) is 0.905. The van der Waals surface area contributed by atoms with Crippen molar-refractivity contribution in [2.45, 2.75) is 50.7 Å². The van der Waals surface area contributed by atoms with Gasteiger partial charge in [-0.15, -0.1) is 0 Å². The van der Waals surface area contributed by atoms with Crippen LogP contribution in [0.15, 0.2) is 24.3 Å². The summed E-state index contributed by atoms with van der Waals surface area (Å²) in [6.45, 7) is 5.11. The molecule has 2 aliphatic heterocycles. The molecule has 2 aliphatic rings. The van der Waals surface area contributed by atoms with E-state index in [4.69, 9.17) is 9.47 Å². The largest absolute Gasteiger partial charge is 0.478 e. The Hall–Kier alpha value is -2.08. The van der Waals surface area contributed by atoms with Gasteiger partial charge in [0, 0.05) is 32.5 Å². The molecule has 2 heterocycles. The van der Waals surface area contributed by atoms with E-state index in [0.717, 1.165) is 12.0 Å². The van der Waals surface area contributed by atoms with Crippen molar-refractivity contribution < 1.29 is 24.2 Å². The van der Waals surface area contributed by atoms with Gasteiger partial charge in [-0.05, 0) is 38.8 Å². The second-order valence-corrected chi connectivity index (χ2v) is 7.19. The maximum absolute atomic E-state index is 12.7. The Balaban J connectivity index is 1.69. The van der Waals surface area contributed by atoms with Crippen molar-refractivity contribution in [2.24, 2.45) is 0 Å². The highest BCUT2D eigenvalue weighted by Crippen LogP contribution is 2.33. The van der Waals surface area contributed by atoms with E-state index >= 15 is 0 Å². The van der Waals surface area contributed by atoms with Crippen LogP contribution in [0.25, 0.3) is 0 Å². The highest BCUT2D eigenvalue weighted by atomic mass is 16.5. The molecule has 0 aromatic heterocycles. The third-order valence-corrected chi connectivity index (χ3v) is 5.25. The van der Waals surface area contributed by atoms with E-state index in [2.05, 4.69) is 0 Å². The van der Waals surface area contributed by atoms with Crippen LogP contribution in [0.3, 0.4) is 0 Å². The molecule has 2 fully saturated rings. The minimum Gasteiger partial charge on any atom is -0.478 e. The molecule has 0 spiro atoms. The normalized spacial score (nSPS) is 25.6. The van der Waals surface area contributed by atoms with Gasteiger partial charge in [0.05, 0.1) is 0 Å². The van der Waals surface area contributed by atoms with Gasteiger partial charge < -0.3 is 19.5 Å². The van der Waals surface area contributed by atoms with Gasteiger partial charge in [-0.2, -0.15) is 0 Å². The van der Waals surface area contributed by atoms with Gasteiger partial charge >= 0.3 is 5.97 Å². The van der Waals surface area contributed by atoms with Crippen LogP contribution in [0, 0.1) is 6.92 Å². The summed E-state index contributed by atoms with van der Waals surface area (Å²) in [5.41, 5.74) is -0.966. The van der Waals surface area contributed by atoms with Gasteiger partial charge in [-0.3, -0.25) is 4.79 Å². The first-order valence-corrected chi connectivity index (χ1v) is 8.77. The molecule has 136 valence electrons. The molecule has 1 amide bonds. The van der Waals surface area contributed by atoms with Gasteiger partial charge in [0.25, 0.3) is 5.91 Å². The molecule has 3 rings (SSSR count). The SMILES string of the molecule is Cc1ccc(OC2(C(=O)O)CCN(C(=O)[C@]3(C)CCCO3)CC2)cc1. The van der Waals surface area contributed by atoms with Gasteiger partial charge in [-0.1, -0.05) is 17.7 Å². The highest BCUT2D eigenvalue weighted by molar-refractivity contribution is 5.86. The van der Waals surface area contributed by atoms with Crippen molar-refractivity contribution in [2.75, 3.05) is 19.7 Å². The minimum absolute atomic E-state index is 0.0423. The molecule has 6 heteroatoms. The first-order chi connectivity index (χ1) is 11.8. The maximum atomic E-state index is 12.7. The number of ether oxygens (including phenoxy) is 2. The number of carbonyl (C=O) groups excluding carboxylic acids is 1. The fourth-order valence-corrected chi connectivity index (χ4v) is 3.54. The topological polar surface area (TPSA) is 76.1 Å². The fraction of sp³-hybridized carbons (Fsp3) is 0.579. The number of carbonyl (C=O) groups is 2. The van der Waals surface area contributed by atoms with Crippen LogP contribution >= 0.6 is 0 Å². The van der Waals surface area contributed by atoms with E-state index in [9.17, 15) is 14.7 Å². The average Bonchev–Trinajstić information content (AvgIpc) is 3.05. The number of amides is 1. The summed E-state index contributed by atoms with van der Waals surface area (Å²) in [6, 6.07) is 7.35. The first-order valence-electron chi connectivity index (χ1n) is 8.77. The number of nitrogens with zero attached hydrogens (tertiary/aromatic N) is 1. The van der Waals surface area contributed by atoms with Crippen LogP contribution in [0.4, 0.5) is 0 Å². The van der Waals surface area contributed by atoms with Crippen LogP contribution in [-0.4, -0.2) is 52.8 Å². The summed E-state index contributed by atoms with van der Waals surface area (Å²) < 4.78 is 11.5. The predicted octanol–water partition coefficient (Wildman–Crippen LogP) is 2.39. The molecular formula is C19H25NO5. The lowest BCUT2D eigenvalue weighted by atomic mass is 9.89. The lowest BCUT2D eigenvalue weighted by molar-refractivity contribution is -0.166. The van der Waals surface area contributed by atoms with Gasteiger partial charge in [0.15, 0.2) is 0 Å². The lowest BCUT2D eigenvalue weighted by Crippen LogP contribution is -2.57. The van der Waals surface area contributed by atoms with Crippen molar-refractivity contribution in [3.63, 3.8) is 0 Å². The zero-order valence-corrected chi connectivity index (χ0v) is 14.8. The highest BCUT2D eigenvalue weighted by Gasteiger charge is 2.48. The summed E-state index contributed by atoms with van der Waals surface area (Å²) in [5.74, 6) is -0.485. The third kappa shape index (κ3) is 3.49. The van der Waals surface area contributed by atoms with E-state index in [1.165, 1.54) is 0 Å². The van der Waals surface area contributed by atoms with Crippen molar-refractivity contribution in [3.8, 4) is 5.75 Å². The Morgan fingerprint density at radius 1 is 1.16 bits per heavy atom. The zero-order chi connectivity index (χ0) is 18.1. The van der Waals surface area contributed by atoms with Gasteiger partial charge in [-0.25, -0.2) is 4.79 Å². The van der Waals surface area contributed by atoms with Gasteiger partial charge in [0.1, 0.15) is 11.4 Å². The smallest absolute Gasteiger partial charge is 0.348 e. The molecule has 0 aliphatic carbocycles. The predicted molar refractivity (Wildman–Crippen MR) is 91.6 cm³/mol. The molecule has 1 aromatic carbocycles. The Kier molecular flexibility index (Phi) is 4.73. The molecule has 0 unspecified atom stereocenters. The molecule has 6 nitrogen and oxygen atoms in total. The van der Waals surface area contributed by atoms with Crippen molar-refractivity contribution in [1.82, 2.24) is 4.90 Å². The number of hydrogen-bond donors (Lipinski definition) is 1. The van der Waals surface area contributed by atoms with Crippen LogP contribution in [-0.2, 0) is 14.3 Å².